The minimum atomic E-state index is 0.568. The summed E-state index contributed by atoms with van der Waals surface area (Å²) in [6.45, 7) is 0. The summed E-state index contributed by atoms with van der Waals surface area (Å²) < 4.78 is 2.12. The standard InChI is InChI=1S/C11H19N3S/c1-12-9(10-4-3-7-15-10)8-11-13-5-6-14(11)2/h5-6,9-10,12H,3-4,7-8H2,1-2H3. The van der Waals surface area contributed by atoms with Gasteiger partial charge in [-0.1, -0.05) is 0 Å². The largest absolute Gasteiger partial charge is 0.338 e. The van der Waals surface area contributed by atoms with Crippen LogP contribution in [0, 0.1) is 0 Å². The fourth-order valence-corrected chi connectivity index (χ4v) is 3.56. The zero-order valence-corrected chi connectivity index (χ0v) is 10.3. The molecule has 84 valence electrons. The smallest absolute Gasteiger partial charge is 0.109 e. The third-order valence-corrected chi connectivity index (χ3v) is 4.62. The van der Waals surface area contributed by atoms with Crippen LogP contribution < -0.4 is 5.32 Å². The van der Waals surface area contributed by atoms with E-state index in [4.69, 9.17) is 0 Å². The number of nitrogens with one attached hydrogen (secondary N) is 1. The van der Waals surface area contributed by atoms with Crippen LogP contribution in [0.4, 0.5) is 0 Å². The van der Waals surface area contributed by atoms with Crippen molar-refractivity contribution in [2.45, 2.75) is 30.6 Å². The van der Waals surface area contributed by atoms with Crippen LogP contribution in [0.25, 0.3) is 0 Å². The Kier molecular flexibility index (Phi) is 3.70. The van der Waals surface area contributed by atoms with Gasteiger partial charge in [0.05, 0.1) is 0 Å². The van der Waals surface area contributed by atoms with Crippen molar-refractivity contribution in [3.8, 4) is 0 Å². The number of likely N-dealkylation sites (N-methyl/N-ethyl adjacent to an activating group) is 1. The van der Waals surface area contributed by atoms with E-state index in [-0.39, 0.29) is 0 Å². The summed E-state index contributed by atoms with van der Waals surface area (Å²) in [6.07, 6.45) is 7.65. The minimum Gasteiger partial charge on any atom is -0.338 e. The van der Waals surface area contributed by atoms with Gasteiger partial charge < -0.3 is 9.88 Å². The second-order valence-corrected chi connectivity index (χ2v) is 5.45. The first-order chi connectivity index (χ1) is 7.31. The van der Waals surface area contributed by atoms with Crippen molar-refractivity contribution >= 4 is 11.8 Å². The summed E-state index contributed by atoms with van der Waals surface area (Å²) in [5.74, 6) is 2.51. The first kappa shape index (κ1) is 11.0. The lowest BCUT2D eigenvalue weighted by atomic mass is 10.1. The average Bonchev–Trinajstić information content (AvgIpc) is 2.86. The van der Waals surface area contributed by atoms with E-state index >= 15 is 0 Å². The molecule has 1 aliphatic rings. The number of nitrogens with zero attached hydrogens (tertiary/aromatic N) is 2. The average molecular weight is 225 g/mol. The van der Waals surface area contributed by atoms with Crippen molar-refractivity contribution < 1.29 is 0 Å². The van der Waals surface area contributed by atoms with Crippen LogP contribution >= 0.6 is 11.8 Å². The van der Waals surface area contributed by atoms with Crippen LogP contribution in [0.15, 0.2) is 12.4 Å². The zero-order chi connectivity index (χ0) is 10.7. The van der Waals surface area contributed by atoms with Crippen LogP contribution in [0.5, 0.6) is 0 Å². The third-order valence-electron chi connectivity index (χ3n) is 3.11. The number of thioether (sulfide) groups is 1. The summed E-state index contributed by atoms with van der Waals surface area (Å²) in [7, 11) is 4.13. The number of rotatable bonds is 4. The molecule has 1 aromatic heterocycles. The Bertz CT molecular complexity index is 305. The molecule has 0 bridgehead atoms. The fraction of sp³-hybridized carbons (Fsp3) is 0.727. The summed E-state index contributed by atoms with van der Waals surface area (Å²) >= 11 is 2.10. The van der Waals surface area contributed by atoms with Gasteiger partial charge in [-0.05, 0) is 25.6 Å². The Morgan fingerprint density at radius 1 is 1.73 bits per heavy atom. The maximum absolute atomic E-state index is 4.39. The normalized spacial score (nSPS) is 23.2. The van der Waals surface area contributed by atoms with E-state index in [1.807, 2.05) is 12.4 Å². The molecule has 1 saturated heterocycles. The molecular formula is C11H19N3S. The Labute approximate surface area is 95.7 Å². The number of hydrogen-bond acceptors (Lipinski definition) is 3. The van der Waals surface area contributed by atoms with E-state index in [0.717, 1.165) is 11.7 Å². The Hall–Kier alpha value is -0.480. The number of aromatic nitrogens is 2. The maximum Gasteiger partial charge on any atom is 0.109 e. The molecule has 3 nitrogen and oxygen atoms in total. The summed E-state index contributed by atoms with van der Waals surface area (Å²) in [5.41, 5.74) is 0. The summed E-state index contributed by atoms with van der Waals surface area (Å²) in [5, 5.41) is 4.21. The minimum absolute atomic E-state index is 0.568. The summed E-state index contributed by atoms with van der Waals surface area (Å²) in [6, 6.07) is 0.568. The molecule has 2 unspecified atom stereocenters. The van der Waals surface area contributed by atoms with Gasteiger partial charge in [-0.2, -0.15) is 11.8 Å². The van der Waals surface area contributed by atoms with E-state index in [2.05, 4.69) is 40.7 Å². The van der Waals surface area contributed by atoms with E-state index in [1.54, 1.807) is 0 Å². The molecule has 4 heteroatoms. The van der Waals surface area contributed by atoms with Crippen molar-refractivity contribution in [1.29, 1.82) is 0 Å². The molecule has 2 atom stereocenters. The molecule has 0 amide bonds. The van der Waals surface area contributed by atoms with Crippen LogP contribution in [0.3, 0.4) is 0 Å². The number of hydrogen-bond donors (Lipinski definition) is 1. The highest BCUT2D eigenvalue weighted by Gasteiger charge is 2.25. The predicted molar refractivity (Wildman–Crippen MR) is 65.2 cm³/mol. The van der Waals surface area contributed by atoms with Gasteiger partial charge in [0, 0.05) is 37.2 Å². The Morgan fingerprint density at radius 2 is 2.60 bits per heavy atom. The fourth-order valence-electron chi connectivity index (χ4n) is 2.13. The Morgan fingerprint density at radius 3 is 3.13 bits per heavy atom. The monoisotopic (exact) mass is 225 g/mol. The molecule has 2 heterocycles. The highest BCUT2D eigenvalue weighted by Crippen LogP contribution is 2.29. The Balaban J connectivity index is 1.98. The van der Waals surface area contributed by atoms with Gasteiger partial charge in [0.15, 0.2) is 0 Å². The van der Waals surface area contributed by atoms with Gasteiger partial charge in [-0.15, -0.1) is 0 Å². The topological polar surface area (TPSA) is 29.9 Å². The van der Waals surface area contributed by atoms with E-state index in [1.165, 1.54) is 24.4 Å². The highest BCUT2D eigenvalue weighted by molar-refractivity contribution is 8.00. The van der Waals surface area contributed by atoms with E-state index in [0.29, 0.717) is 6.04 Å². The lowest BCUT2D eigenvalue weighted by Gasteiger charge is -2.21. The van der Waals surface area contributed by atoms with Gasteiger partial charge in [-0.25, -0.2) is 4.98 Å². The van der Waals surface area contributed by atoms with Crippen molar-refractivity contribution in [3.05, 3.63) is 18.2 Å². The van der Waals surface area contributed by atoms with Gasteiger partial charge >= 0.3 is 0 Å². The van der Waals surface area contributed by atoms with Gasteiger partial charge in [0.2, 0.25) is 0 Å². The van der Waals surface area contributed by atoms with Crippen molar-refractivity contribution in [2.24, 2.45) is 7.05 Å². The second kappa shape index (κ2) is 5.03. The number of imidazole rings is 1. The van der Waals surface area contributed by atoms with Crippen LogP contribution in [0.2, 0.25) is 0 Å². The van der Waals surface area contributed by atoms with Crippen molar-refractivity contribution in [3.63, 3.8) is 0 Å². The van der Waals surface area contributed by atoms with Crippen molar-refractivity contribution in [1.82, 2.24) is 14.9 Å². The lowest BCUT2D eigenvalue weighted by Crippen LogP contribution is -2.37. The third kappa shape index (κ3) is 2.55. The lowest BCUT2D eigenvalue weighted by molar-refractivity contribution is 0.506. The molecule has 1 N–H and O–H groups in total. The molecule has 2 rings (SSSR count). The van der Waals surface area contributed by atoms with Crippen molar-refractivity contribution in [2.75, 3.05) is 12.8 Å². The molecule has 0 aromatic carbocycles. The van der Waals surface area contributed by atoms with Crippen LogP contribution in [0.1, 0.15) is 18.7 Å². The van der Waals surface area contributed by atoms with Gasteiger partial charge in [0.1, 0.15) is 5.82 Å². The molecule has 0 saturated carbocycles. The molecule has 0 aliphatic carbocycles. The van der Waals surface area contributed by atoms with Crippen LogP contribution in [-0.4, -0.2) is 33.6 Å². The molecule has 0 spiro atoms. The predicted octanol–water partition coefficient (Wildman–Crippen LogP) is 1.45. The molecular weight excluding hydrogens is 206 g/mol. The highest BCUT2D eigenvalue weighted by atomic mass is 32.2. The maximum atomic E-state index is 4.39. The van der Waals surface area contributed by atoms with Crippen LogP contribution in [-0.2, 0) is 13.5 Å². The first-order valence-corrected chi connectivity index (χ1v) is 6.61. The SMILES string of the molecule is CNC(Cc1nccn1C)C1CCCS1. The molecule has 1 fully saturated rings. The first-order valence-electron chi connectivity index (χ1n) is 5.56. The van der Waals surface area contributed by atoms with Gasteiger partial charge in [-0.3, -0.25) is 0 Å². The van der Waals surface area contributed by atoms with E-state index in [9.17, 15) is 0 Å². The van der Waals surface area contributed by atoms with Gasteiger partial charge in [0.25, 0.3) is 0 Å². The number of aryl methyl sites for hydroxylation is 1. The molecule has 1 aliphatic heterocycles. The zero-order valence-electron chi connectivity index (χ0n) is 9.44. The molecule has 15 heavy (non-hydrogen) atoms. The summed E-state index contributed by atoms with van der Waals surface area (Å²) in [4.78, 5) is 4.39. The molecule has 1 aromatic rings. The quantitative estimate of drug-likeness (QED) is 0.841. The second-order valence-electron chi connectivity index (χ2n) is 4.11. The van der Waals surface area contributed by atoms with E-state index < -0.39 is 0 Å². The molecule has 0 radical (unpaired) electrons.